The van der Waals surface area contributed by atoms with Crippen molar-refractivity contribution in [1.82, 2.24) is 24.3 Å². The summed E-state index contributed by atoms with van der Waals surface area (Å²) in [6, 6.07) is 14.7. The van der Waals surface area contributed by atoms with E-state index in [-0.39, 0.29) is 11.9 Å². The van der Waals surface area contributed by atoms with E-state index in [1.807, 2.05) is 11.0 Å². The molecular weight excluding hydrogens is 390 g/mol. The molecule has 1 amide bonds. The molecule has 1 fully saturated rings. The summed E-state index contributed by atoms with van der Waals surface area (Å²) in [6.45, 7) is 9.19. The van der Waals surface area contributed by atoms with Crippen LogP contribution < -0.4 is 0 Å². The lowest BCUT2D eigenvalue weighted by Crippen LogP contribution is -2.45. The van der Waals surface area contributed by atoms with E-state index in [2.05, 4.69) is 68.9 Å². The van der Waals surface area contributed by atoms with Gasteiger partial charge in [-0.2, -0.15) is 0 Å². The van der Waals surface area contributed by atoms with Crippen LogP contribution in [0.1, 0.15) is 40.6 Å². The molecule has 0 N–H and O–H groups in total. The Labute approximate surface area is 182 Å². The maximum atomic E-state index is 13.0. The molecule has 0 unspecified atom stereocenters. The fourth-order valence-electron chi connectivity index (χ4n) is 4.62. The quantitative estimate of drug-likeness (QED) is 0.636. The van der Waals surface area contributed by atoms with Gasteiger partial charge in [-0.25, -0.2) is 4.98 Å². The minimum atomic E-state index is -0.0531. The second-order valence-corrected chi connectivity index (χ2v) is 8.47. The van der Waals surface area contributed by atoms with Gasteiger partial charge in [0.05, 0.1) is 12.6 Å². The zero-order valence-electron chi connectivity index (χ0n) is 18.0. The molecule has 0 bridgehead atoms. The molecule has 2 aliphatic rings. The number of hydrogen-bond acceptors (Lipinski definition) is 5. The fraction of sp³-hybridized carbons (Fsp3) is 0.417. The zero-order chi connectivity index (χ0) is 21.2. The lowest BCUT2D eigenvalue weighted by molar-refractivity contribution is 0.0637. The normalized spacial score (nSPS) is 20.0. The van der Waals surface area contributed by atoms with Gasteiger partial charge in [0.15, 0.2) is 5.69 Å². The highest BCUT2D eigenvalue weighted by atomic mass is 16.3. The Balaban J connectivity index is 1.15. The predicted molar refractivity (Wildman–Crippen MR) is 117 cm³/mol. The second-order valence-electron chi connectivity index (χ2n) is 8.47. The molecular formula is C24H29N5O2. The predicted octanol–water partition coefficient (Wildman–Crippen LogP) is 3.01. The highest BCUT2D eigenvalue weighted by Gasteiger charge is 2.30. The van der Waals surface area contributed by atoms with Crippen LogP contribution in [0.4, 0.5) is 0 Å². The Morgan fingerprint density at radius 1 is 0.968 bits per heavy atom. The third-order valence-corrected chi connectivity index (χ3v) is 6.45. The number of nitrogens with zero attached hydrogens (tertiary/aromatic N) is 5. The summed E-state index contributed by atoms with van der Waals surface area (Å²) < 4.78 is 7.88. The molecule has 3 aromatic rings. The summed E-state index contributed by atoms with van der Waals surface area (Å²) in [6.07, 6.45) is 3.59. The summed E-state index contributed by atoms with van der Waals surface area (Å²) in [4.78, 5) is 24.3. The number of rotatable bonds is 5. The van der Waals surface area contributed by atoms with Crippen LogP contribution in [0.25, 0.3) is 0 Å². The first kappa shape index (κ1) is 20.0. The van der Waals surface area contributed by atoms with Gasteiger partial charge in [-0.3, -0.25) is 14.6 Å². The largest absolute Gasteiger partial charge is 0.447 e. The molecule has 1 aromatic carbocycles. The van der Waals surface area contributed by atoms with E-state index in [4.69, 9.17) is 4.42 Å². The molecule has 0 spiro atoms. The number of oxazole rings is 1. The van der Waals surface area contributed by atoms with E-state index < -0.39 is 0 Å². The Hall–Kier alpha value is -2.90. The van der Waals surface area contributed by atoms with Crippen LogP contribution >= 0.6 is 0 Å². The molecule has 162 valence electrons. The van der Waals surface area contributed by atoms with Gasteiger partial charge in [-0.15, -0.1) is 0 Å². The summed E-state index contributed by atoms with van der Waals surface area (Å²) in [7, 11) is 0. The third kappa shape index (κ3) is 4.29. The Morgan fingerprint density at radius 3 is 2.48 bits per heavy atom. The van der Waals surface area contributed by atoms with Crippen molar-refractivity contribution in [2.24, 2.45) is 0 Å². The number of carbonyl (C=O) groups is 1. The summed E-state index contributed by atoms with van der Waals surface area (Å²) in [5.41, 5.74) is 2.92. The van der Waals surface area contributed by atoms with Crippen molar-refractivity contribution < 1.29 is 9.21 Å². The first-order valence-corrected chi connectivity index (χ1v) is 11.1. The Bertz CT molecular complexity index is 1020. The van der Waals surface area contributed by atoms with Crippen molar-refractivity contribution in [3.05, 3.63) is 77.8 Å². The highest BCUT2D eigenvalue weighted by Crippen LogP contribution is 2.26. The van der Waals surface area contributed by atoms with Gasteiger partial charge in [0.25, 0.3) is 5.91 Å². The van der Waals surface area contributed by atoms with Gasteiger partial charge in [0, 0.05) is 57.7 Å². The van der Waals surface area contributed by atoms with E-state index in [0.29, 0.717) is 24.7 Å². The van der Waals surface area contributed by atoms with Crippen LogP contribution in [0.5, 0.6) is 0 Å². The standard InChI is InChI=1S/C24H29N5O2/c1-19-22-8-5-9-28(22)14-15-29(19)24(30)21-18-31-23(25-21)17-27-12-10-26(11-13-27)16-20-6-3-2-4-7-20/h2-9,18-19H,10-17H2,1H3/t19-/m1/s1. The van der Waals surface area contributed by atoms with Crippen LogP contribution in [-0.4, -0.2) is 62.9 Å². The van der Waals surface area contributed by atoms with Crippen molar-refractivity contribution >= 4 is 5.91 Å². The number of hydrogen-bond donors (Lipinski definition) is 0. The van der Waals surface area contributed by atoms with Crippen LogP contribution in [0.2, 0.25) is 0 Å². The van der Waals surface area contributed by atoms with Crippen molar-refractivity contribution in [1.29, 1.82) is 0 Å². The van der Waals surface area contributed by atoms with Crippen LogP contribution in [0.3, 0.4) is 0 Å². The molecule has 31 heavy (non-hydrogen) atoms. The zero-order valence-corrected chi connectivity index (χ0v) is 18.0. The van der Waals surface area contributed by atoms with E-state index in [9.17, 15) is 4.79 Å². The average Bonchev–Trinajstić information content (AvgIpc) is 3.46. The molecule has 0 saturated carbocycles. The summed E-state index contributed by atoms with van der Waals surface area (Å²) in [5, 5.41) is 0. The topological polar surface area (TPSA) is 57.8 Å². The van der Waals surface area contributed by atoms with Gasteiger partial charge in [0.1, 0.15) is 6.26 Å². The number of piperazine rings is 1. The van der Waals surface area contributed by atoms with Crippen molar-refractivity contribution in [3.63, 3.8) is 0 Å². The summed E-state index contributed by atoms with van der Waals surface area (Å²) >= 11 is 0. The minimum absolute atomic E-state index is 0.0362. The highest BCUT2D eigenvalue weighted by molar-refractivity contribution is 5.92. The maximum Gasteiger partial charge on any atom is 0.276 e. The van der Waals surface area contributed by atoms with Gasteiger partial charge < -0.3 is 13.9 Å². The monoisotopic (exact) mass is 419 g/mol. The minimum Gasteiger partial charge on any atom is -0.447 e. The van der Waals surface area contributed by atoms with E-state index in [1.165, 1.54) is 11.8 Å². The summed E-state index contributed by atoms with van der Waals surface area (Å²) in [5.74, 6) is 0.565. The molecule has 2 aliphatic heterocycles. The lowest BCUT2D eigenvalue weighted by Gasteiger charge is -2.34. The molecule has 2 aromatic heterocycles. The molecule has 7 heteroatoms. The van der Waals surface area contributed by atoms with E-state index in [1.54, 1.807) is 0 Å². The molecule has 0 aliphatic carbocycles. The van der Waals surface area contributed by atoms with Crippen LogP contribution in [0.15, 0.2) is 59.3 Å². The van der Waals surface area contributed by atoms with Gasteiger partial charge in [-0.05, 0) is 24.6 Å². The van der Waals surface area contributed by atoms with E-state index >= 15 is 0 Å². The third-order valence-electron chi connectivity index (χ3n) is 6.45. The van der Waals surface area contributed by atoms with E-state index in [0.717, 1.165) is 45.0 Å². The Kier molecular flexibility index (Phi) is 5.61. The molecule has 4 heterocycles. The fourth-order valence-corrected chi connectivity index (χ4v) is 4.62. The number of aromatic nitrogens is 2. The molecule has 5 rings (SSSR count). The average molecular weight is 420 g/mol. The first-order chi connectivity index (χ1) is 15.2. The van der Waals surface area contributed by atoms with Gasteiger partial charge in [-0.1, -0.05) is 30.3 Å². The SMILES string of the molecule is C[C@@H]1c2cccn2CCN1C(=O)c1coc(CN2CCN(Cc3ccccc3)CC2)n1. The van der Waals surface area contributed by atoms with Crippen molar-refractivity contribution in [2.75, 3.05) is 32.7 Å². The first-order valence-electron chi connectivity index (χ1n) is 11.1. The number of amides is 1. The molecule has 7 nitrogen and oxygen atoms in total. The van der Waals surface area contributed by atoms with Crippen molar-refractivity contribution in [2.45, 2.75) is 32.6 Å². The molecule has 0 radical (unpaired) electrons. The van der Waals surface area contributed by atoms with Gasteiger partial charge >= 0.3 is 0 Å². The molecule has 1 saturated heterocycles. The number of benzene rings is 1. The number of fused-ring (bicyclic) bond motifs is 1. The van der Waals surface area contributed by atoms with Crippen LogP contribution in [-0.2, 0) is 19.6 Å². The maximum absolute atomic E-state index is 13.0. The number of carbonyl (C=O) groups excluding carboxylic acids is 1. The second kappa shape index (κ2) is 8.69. The lowest BCUT2D eigenvalue weighted by atomic mass is 10.1. The smallest absolute Gasteiger partial charge is 0.276 e. The Morgan fingerprint density at radius 2 is 1.71 bits per heavy atom. The van der Waals surface area contributed by atoms with Crippen LogP contribution in [0, 0.1) is 0 Å². The van der Waals surface area contributed by atoms with Gasteiger partial charge in [0.2, 0.25) is 5.89 Å². The molecule has 1 atom stereocenters. The van der Waals surface area contributed by atoms with Crippen molar-refractivity contribution in [3.8, 4) is 0 Å².